The summed E-state index contributed by atoms with van der Waals surface area (Å²) in [7, 11) is 0. The van der Waals surface area contributed by atoms with Gasteiger partial charge in [-0.1, -0.05) is 6.92 Å². The molecule has 0 aliphatic heterocycles. The fraction of sp³-hybridized carbons (Fsp3) is 1.00. The lowest BCUT2D eigenvalue weighted by molar-refractivity contribution is 0.457. The number of rotatable bonds is 7. The Labute approximate surface area is 75.9 Å². The van der Waals surface area contributed by atoms with Crippen LogP contribution in [0.4, 0.5) is 0 Å². The quantitative estimate of drug-likeness (QED) is 0.566. The number of hydrogen-bond donors (Lipinski definition) is 2. The Morgan fingerprint density at radius 1 is 1.42 bits per heavy atom. The van der Waals surface area contributed by atoms with Gasteiger partial charge in [0.2, 0.25) is 0 Å². The third-order valence-corrected chi connectivity index (χ3v) is 2.70. The normalized spacial score (nSPS) is 19.5. The first-order valence-electron chi connectivity index (χ1n) is 5.25. The second-order valence-electron chi connectivity index (χ2n) is 4.01. The zero-order chi connectivity index (χ0) is 8.81. The summed E-state index contributed by atoms with van der Waals surface area (Å²) in [5.74, 6) is 1.93. The maximum Gasteiger partial charge on any atom is -0.00205 e. The first-order chi connectivity index (χ1) is 5.84. The molecule has 0 spiro atoms. The van der Waals surface area contributed by atoms with Crippen molar-refractivity contribution in [1.29, 1.82) is 0 Å². The van der Waals surface area contributed by atoms with E-state index < -0.39 is 0 Å². The molecule has 72 valence electrons. The molecule has 0 radical (unpaired) electrons. The minimum Gasteiger partial charge on any atom is -0.330 e. The lowest BCUT2D eigenvalue weighted by atomic mass is 10.1. The molecule has 0 bridgehead atoms. The van der Waals surface area contributed by atoms with E-state index in [0.29, 0.717) is 0 Å². The Hall–Kier alpha value is -0.0800. The highest BCUT2D eigenvalue weighted by molar-refractivity contribution is 4.79. The Morgan fingerprint density at radius 2 is 2.17 bits per heavy atom. The van der Waals surface area contributed by atoms with E-state index in [4.69, 9.17) is 5.73 Å². The van der Waals surface area contributed by atoms with Crippen molar-refractivity contribution in [3.05, 3.63) is 0 Å². The second kappa shape index (κ2) is 5.55. The van der Waals surface area contributed by atoms with Crippen LogP contribution in [0.5, 0.6) is 0 Å². The number of nitrogens with two attached hydrogens (primary N) is 1. The van der Waals surface area contributed by atoms with Gasteiger partial charge < -0.3 is 11.1 Å². The molecule has 0 amide bonds. The maximum atomic E-state index is 5.40. The van der Waals surface area contributed by atoms with Gasteiger partial charge in [0.05, 0.1) is 0 Å². The molecule has 2 nitrogen and oxygen atoms in total. The molecule has 1 aliphatic rings. The van der Waals surface area contributed by atoms with Crippen LogP contribution in [0, 0.1) is 11.8 Å². The molecule has 1 unspecified atom stereocenters. The van der Waals surface area contributed by atoms with Crippen LogP contribution in [0.2, 0.25) is 0 Å². The van der Waals surface area contributed by atoms with Crippen LogP contribution in [0.15, 0.2) is 0 Å². The van der Waals surface area contributed by atoms with E-state index >= 15 is 0 Å². The Morgan fingerprint density at radius 3 is 2.75 bits per heavy atom. The van der Waals surface area contributed by atoms with Crippen molar-refractivity contribution in [3.63, 3.8) is 0 Å². The number of hydrogen-bond acceptors (Lipinski definition) is 2. The van der Waals surface area contributed by atoms with Crippen LogP contribution in [0.25, 0.3) is 0 Å². The van der Waals surface area contributed by atoms with Gasteiger partial charge >= 0.3 is 0 Å². The van der Waals surface area contributed by atoms with Gasteiger partial charge in [0.15, 0.2) is 0 Å². The van der Waals surface area contributed by atoms with Crippen molar-refractivity contribution in [3.8, 4) is 0 Å². The molecule has 2 heteroatoms. The van der Waals surface area contributed by atoms with Crippen LogP contribution >= 0.6 is 0 Å². The molecule has 1 rings (SSSR count). The van der Waals surface area contributed by atoms with Gasteiger partial charge in [0.1, 0.15) is 0 Å². The van der Waals surface area contributed by atoms with Gasteiger partial charge in [-0.3, -0.25) is 0 Å². The zero-order valence-corrected chi connectivity index (χ0v) is 8.18. The summed E-state index contributed by atoms with van der Waals surface area (Å²) in [5.41, 5.74) is 5.40. The van der Waals surface area contributed by atoms with E-state index in [-0.39, 0.29) is 0 Å². The fourth-order valence-electron chi connectivity index (χ4n) is 1.56. The molecule has 0 saturated heterocycles. The molecule has 1 atom stereocenters. The Balaban J connectivity index is 1.81. The molecule has 0 aromatic carbocycles. The molecule has 0 aromatic heterocycles. The van der Waals surface area contributed by atoms with Crippen molar-refractivity contribution in [2.75, 3.05) is 19.6 Å². The van der Waals surface area contributed by atoms with Crippen molar-refractivity contribution >= 4 is 0 Å². The molecule has 1 saturated carbocycles. The molecule has 3 N–H and O–H groups in total. The molecule has 0 heterocycles. The average molecular weight is 170 g/mol. The Bertz CT molecular complexity index is 110. The highest BCUT2D eigenvalue weighted by Crippen LogP contribution is 2.35. The summed E-state index contributed by atoms with van der Waals surface area (Å²) in [4.78, 5) is 0. The monoisotopic (exact) mass is 170 g/mol. The van der Waals surface area contributed by atoms with Gasteiger partial charge in [-0.05, 0) is 57.2 Å². The predicted octanol–water partition coefficient (Wildman–Crippen LogP) is 1.36. The van der Waals surface area contributed by atoms with Crippen LogP contribution in [-0.4, -0.2) is 19.6 Å². The minimum absolute atomic E-state index is 0.833. The smallest absolute Gasteiger partial charge is 0.00205 e. The summed E-state index contributed by atoms with van der Waals surface area (Å²) in [6.45, 7) is 5.54. The van der Waals surface area contributed by atoms with E-state index in [1.807, 2.05) is 0 Å². The van der Waals surface area contributed by atoms with Crippen LogP contribution in [0.3, 0.4) is 0 Å². The molecule has 1 fully saturated rings. The SMILES string of the molecule is CC(CNCCCCN)C1CC1. The first kappa shape index (κ1) is 10.0. The second-order valence-corrected chi connectivity index (χ2v) is 4.01. The van der Waals surface area contributed by atoms with Crippen LogP contribution in [0.1, 0.15) is 32.6 Å². The van der Waals surface area contributed by atoms with Crippen molar-refractivity contribution in [2.45, 2.75) is 32.6 Å². The molecular formula is C10H22N2. The molecule has 12 heavy (non-hydrogen) atoms. The van der Waals surface area contributed by atoms with Gasteiger partial charge in [0.25, 0.3) is 0 Å². The average Bonchev–Trinajstić information content (AvgIpc) is 2.86. The first-order valence-corrected chi connectivity index (χ1v) is 5.25. The summed E-state index contributed by atoms with van der Waals surface area (Å²) in [6, 6.07) is 0. The predicted molar refractivity (Wildman–Crippen MR) is 53.0 cm³/mol. The summed E-state index contributed by atoms with van der Waals surface area (Å²) >= 11 is 0. The van der Waals surface area contributed by atoms with E-state index in [0.717, 1.165) is 31.3 Å². The molecular weight excluding hydrogens is 148 g/mol. The molecule has 0 aromatic rings. The Kier molecular flexibility index (Phi) is 4.62. The summed E-state index contributed by atoms with van der Waals surface area (Å²) in [6.07, 6.45) is 5.32. The largest absolute Gasteiger partial charge is 0.330 e. The van der Waals surface area contributed by atoms with Crippen LogP contribution < -0.4 is 11.1 Å². The van der Waals surface area contributed by atoms with E-state index in [9.17, 15) is 0 Å². The third kappa shape index (κ3) is 4.07. The zero-order valence-electron chi connectivity index (χ0n) is 8.18. The van der Waals surface area contributed by atoms with Crippen molar-refractivity contribution < 1.29 is 0 Å². The maximum absolute atomic E-state index is 5.40. The fourth-order valence-corrected chi connectivity index (χ4v) is 1.56. The topological polar surface area (TPSA) is 38.0 Å². The van der Waals surface area contributed by atoms with Crippen molar-refractivity contribution in [1.82, 2.24) is 5.32 Å². The summed E-state index contributed by atoms with van der Waals surface area (Å²) < 4.78 is 0. The standard InChI is InChI=1S/C10H22N2/c1-9(10-4-5-10)8-12-7-3-2-6-11/h9-10,12H,2-8,11H2,1H3. The lowest BCUT2D eigenvalue weighted by Gasteiger charge is -2.10. The lowest BCUT2D eigenvalue weighted by Crippen LogP contribution is -2.23. The molecule has 1 aliphatic carbocycles. The van der Waals surface area contributed by atoms with E-state index in [1.54, 1.807) is 0 Å². The number of unbranched alkanes of at least 4 members (excludes halogenated alkanes) is 1. The third-order valence-electron chi connectivity index (χ3n) is 2.70. The van der Waals surface area contributed by atoms with Gasteiger partial charge in [0, 0.05) is 0 Å². The number of nitrogens with one attached hydrogen (secondary N) is 1. The van der Waals surface area contributed by atoms with Gasteiger partial charge in [-0.25, -0.2) is 0 Å². The highest BCUT2D eigenvalue weighted by Gasteiger charge is 2.26. The van der Waals surface area contributed by atoms with Gasteiger partial charge in [-0.2, -0.15) is 0 Å². The van der Waals surface area contributed by atoms with E-state index in [1.165, 1.54) is 25.8 Å². The van der Waals surface area contributed by atoms with E-state index in [2.05, 4.69) is 12.2 Å². The minimum atomic E-state index is 0.833. The van der Waals surface area contributed by atoms with Crippen LogP contribution in [-0.2, 0) is 0 Å². The summed E-state index contributed by atoms with van der Waals surface area (Å²) in [5, 5.41) is 3.49. The highest BCUT2D eigenvalue weighted by atomic mass is 14.9. The van der Waals surface area contributed by atoms with Crippen molar-refractivity contribution in [2.24, 2.45) is 17.6 Å². The van der Waals surface area contributed by atoms with Gasteiger partial charge in [-0.15, -0.1) is 0 Å².